The number of hydrogen-bond donors (Lipinski definition) is 2. The van der Waals surface area contributed by atoms with E-state index in [-0.39, 0.29) is 6.10 Å². The monoisotopic (exact) mass is 221 g/mol. The summed E-state index contributed by atoms with van der Waals surface area (Å²) in [6.45, 7) is 6.55. The van der Waals surface area contributed by atoms with Crippen molar-refractivity contribution in [3.8, 4) is 0 Å². The minimum Gasteiger partial charge on any atom is -0.391 e. The number of nitrogens with one attached hydrogen (secondary N) is 1. The molecule has 0 aromatic heterocycles. The Kier molecular flexibility index (Phi) is 9.93. The van der Waals surface area contributed by atoms with Gasteiger partial charge in [-0.1, -0.05) is 13.8 Å². The van der Waals surface area contributed by atoms with E-state index >= 15 is 0 Å². The zero-order chi connectivity index (χ0) is 10.8. The molecule has 0 amide bonds. The fourth-order valence-corrected chi connectivity index (χ4v) is 1.94. The van der Waals surface area contributed by atoms with Gasteiger partial charge in [0.2, 0.25) is 0 Å². The van der Waals surface area contributed by atoms with Gasteiger partial charge in [0.1, 0.15) is 0 Å². The SMILES string of the molecule is COCCNCC(O)CSCC(C)C. The molecular weight excluding hydrogens is 198 g/mol. The van der Waals surface area contributed by atoms with Crippen LogP contribution in [0.3, 0.4) is 0 Å². The first kappa shape index (κ1) is 14.2. The van der Waals surface area contributed by atoms with Gasteiger partial charge < -0.3 is 15.2 Å². The molecule has 0 rings (SSSR count). The summed E-state index contributed by atoms with van der Waals surface area (Å²) >= 11 is 1.81. The molecule has 0 saturated carbocycles. The van der Waals surface area contributed by atoms with Crippen LogP contribution in [0, 0.1) is 5.92 Å². The summed E-state index contributed by atoms with van der Waals surface area (Å²) in [6.07, 6.45) is -0.240. The maximum atomic E-state index is 9.54. The third-order valence-corrected chi connectivity index (χ3v) is 3.15. The van der Waals surface area contributed by atoms with Gasteiger partial charge in [0.05, 0.1) is 12.7 Å². The number of aliphatic hydroxyl groups excluding tert-OH is 1. The fraction of sp³-hybridized carbons (Fsp3) is 1.00. The molecule has 0 aromatic rings. The van der Waals surface area contributed by atoms with Crippen molar-refractivity contribution in [2.75, 3.05) is 38.3 Å². The largest absolute Gasteiger partial charge is 0.391 e. The lowest BCUT2D eigenvalue weighted by Gasteiger charge is -2.12. The summed E-state index contributed by atoms with van der Waals surface area (Å²) in [7, 11) is 1.68. The van der Waals surface area contributed by atoms with Crippen molar-refractivity contribution in [1.29, 1.82) is 0 Å². The van der Waals surface area contributed by atoms with E-state index in [1.165, 1.54) is 0 Å². The Bertz CT molecular complexity index is 123. The van der Waals surface area contributed by atoms with Crippen LogP contribution in [0.4, 0.5) is 0 Å². The minimum atomic E-state index is -0.240. The van der Waals surface area contributed by atoms with Crippen LogP contribution in [0.5, 0.6) is 0 Å². The fourth-order valence-electron chi connectivity index (χ4n) is 0.942. The predicted molar refractivity (Wildman–Crippen MR) is 62.9 cm³/mol. The smallest absolute Gasteiger partial charge is 0.0754 e. The number of ether oxygens (including phenoxy) is 1. The molecule has 0 aliphatic carbocycles. The molecule has 0 heterocycles. The van der Waals surface area contributed by atoms with E-state index in [0.29, 0.717) is 19.1 Å². The van der Waals surface area contributed by atoms with E-state index in [4.69, 9.17) is 4.74 Å². The standard InChI is InChI=1S/C10H23NO2S/c1-9(2)7-14-8-10(12)6-11-4-5-13-3/h9-12H,4-8H2,1-3H3. The summed E-state index contributed by atoms with van der Waals surface area (Å²) in [5.41, 5.74) is 0. The third kappa shape index (κ3) is 10.3. The van der Waals surface area contributed by atoms with Crippen molar-refractivity contribution < 1.29 is 9.84 Å². The molecule has 86 valence electrons. The lowest BCUT2D eigenvalue weighted by atomic mass is 10.3. The molecule has 14 heavy (non-hydrogen) atoms. The molecule has 0 spiro atoms. The highest BCUT2D eigenvalue weighted by Gasteiger charge is 2.03. The highest BCUT2D eigenvalue weighted by Crippen LogP contribution is 2.08. The molecule has 0 aliphatic heterocycles. The average Bonchev–Trinajstić information content (AvgIpc) is 2.12. The Labute approximate surface area is 91.6 Å². The van der Waals surface area contributed by atoms with Crippen LogP contribution in [0.1, 0.15) is 13.8 Å². The maximum absolute atomic E-state index is 9.54. The second kappa shape index (κ2) is 9.77. The Balaban J connectivity index is 3.15. The Hall–Kier alpha value is 0.230. The van der Waals surface area contributed by atoms with Crippen LogP contribution in [-0.2, 0) is 4.74 Å². The van der Waals surface area contributed by atoms with Gasteiger partial charge in [-0.3, -0.25) is 0 Å². The molecule has 0 bridgehead atoms. The number of methoxy groups -OCH3 is 1. The Morgan fingerprint density at radius 3 is 2.64 bits per heavy atom. The second-order valence-corrected chi connectivity index (χ2v) is 4.86. The van der Waals surface area contributed by atoms with Crippen LogP contribution in [-0.4, -0.2) is 49.5 Å². The number of hydrogen-bond acceptors (Lipinski definition) is 4. The van der Waals surface area contributed by atoms with Crippen LogP contribution in [0.25, 0.3) is 0 Å². The van der Waals surface area contributed by atoms with E-state index < -0.39 is 0 Å². The van der Waals surface area contributed by atoms with Gasteiger partial charge in [-0.15, -0.1) is 0 Å². The van der Waals surface area contributed by atoms with E-state index in [1.807, 2.05) is 11.8 Å². The van der Waals surface area contributed by atoms with Crippen molar-refractivity contribution in [3.05, 3.63) is 0 Å². The van der Waals surface area contributed by atoms with Gasteiger partial charge in [0, 0.05) is 26.0 Å². The van der Waals surface area contributed by atoms with Gasteiger partial charge in [0.15, 0.2) is 0 Å². The van der Waals surface area contributed by atoms with Crippen molar-refractivity contribution in [3.63, 3.8) is 0 Å². The second-order valence-electron chi connectivity index (χ2n) is 3.78. The number of rotatable bonds is 9. The van der Waals surface area contributed by atoms with E-state index in [2.05, 4.69) is 19.2 Å². The molecule has 0 saturated heterocycles. The van der Waals surface area contributed by atoms with Crippen LogP contribution in [0.2, 0.25) is 0 Å². The molecule has 3 nitrogen and oxygen atoms in total. The van der Waals surface area contributed by atoms with Crippen molar-refractivity contribution in [2.24, 2.45) is 5.92 Å². The highest BCUT2D eigenvalue weighted by atomic mass is 32.2. The molecule has 1 unspecified atom stereocenters. The van der Waals surface area contributed by atoms with Gasteiger partial charge in [-0.2, -0.15) is 11.8 Å². The molecule has 0 aromatic carbocycles. The number of thioether (sulfide) groups is 1. The molecule has 0 aliphatic rings. The Morgan fingerprint density at radius 2 is 2.07 bits per heavy atom. The zero-order valence-corrected chi connectivity index (χ0v) is 10.3. The summed E-state index contributed by atoms with van der Waals surface area (Å²) in [6, 6.07) is 0. The van der Waals surface area contributed by atoms with Crippen LogP contribution >= 0.6 is 11.8 Å². The molecule has 4 heteroatoms. The lowest BCUT2D eigenvalue weighted by molar-refractivity contribution is 0.175. The molecule has 2 N–H and O–H groups in total. The van der Waals surface area contributed by atoms with Gasteiger partial charge >= 0.3 is 0 Å². The summed E-state index contributed by atoms with van der Waals surface area (Å²) in [5.74, 6) is 2.64. The van der Waals surface area contributed by atoms with Gasteiger partial charge in [-0.05, 0) is 11.7 Å². The predicted octanol–water partition coefficient (Wildman–Crippen LogP) is 0.972. The maximum Gasteiger partial charge on any atom is 0.0754 e. The first-order chi connectivity index (χ1) is 6.66. The topological polar surface area (TPSA) is 41.5 Å². The number of aliphatic hydroxyl groups is 1. The average molecular weight is 221 g/mol. The van der Waals surface area contributed by atoms with E-state index in [1.54, 1.807) is 7.11 Å². The van der Waals surface area contributed by atoms with Crippen molar-refractivity contribution in [2.45, 2.75) is 20.0 Å². The lowest BCUT2D eigenvalue weighted by Crippen LogP contribution is -2.30. The quantitative estimate of drug-likeness (QED) is 0.569. The summed E-state index contributed by atoms with van der Waals surface area (Å²) < 4.78 is 4.89. The molecule has 1 atom stereocenters. The molecule has 0 fully saturated rings. The summed E-state index contributed by atoms with van der Waals surface area (Å²) in [4.78, 5) is 0. The Morgan fingerprint density at radius 1 is 1.36 bits per heavy atom. The first-order valence-corrected chi connectivity index (χ1v) is 6.27. The van der Waals surface area contributed by atoms with Crippen LogP contribution in [0.15, 0.2) is 0 Å². The third-order valence-electron chi connectivity index (χ3n) is 1.62. The van der Waals surface area contributed by atoms with Crippen LogP contribution < -0.4 is 5.32 Å². The van der Waals surface area contributed by atoms with Gasteiger partial charge in [-0.25, -0.2) is 0 Å². The zero-order valence-electron chi connectivity index (χ0n) is 9.45. The first-order valence-electron chi connectivity index (χ1n) is 5.12. The van der Waals surface area contributed by atoms with Crippen molar-refractivity contribution in [1.82, 2.24) is 5.32 Å². The summed E-state index contributed by atoms with van der Waals surface area (Å²) in [5, 5.41) is 12.7. The normalized spacial score (nSPS) is 13.5. The van der Waals surface area contributed by atoms with E-state index in [9.17, 15) is 5.11 Å². The highest BCUT2D eigenvalue weighted by molar-refractivity contribution is 7.99. The van der Waals surface area contributed by atoms with E-state index in [0.717, 1.165) is 18.1 Å². The molecular formula is C10H23NO2S. The van der Waals surface area contributed by atoms with Gasteiger partial charge in [0.25, 0.3) is 0 Å². The minimum absolute atomic E-state index is 0.240. The molecule has 0 radical (unpaired) electrons. The van der Waals surface area contributed by atoms with Crippen molar-refractivity contribution >= 4 is 11.8 Å².